The summed E-state index contributed by atoms with van der Waals surface area (Å²) in [5, 5.41) is 6.28. The number of carbonyl (C=O) groups is 1. The van der Waals surface area contributed by atoms with Crippen molar-refractivity contribution in [2.75, 3.05) is 11.6 Å². The van der Waals surface area contributed by atoms with Crippen LogP contribution in [0.15, 0.2) is 58.2 Å². The Bertz CT molecular complexity index is 1030. The van der Waals surface area contributed by atoms with E-state index in [1.807, 2.05) is 0 Å². The van der Waals surface area contributed by atoms with Crippen LogP contribution in [0.2, 0.25) is 5.02 Å². The second-order valence-corrected chi connectivity index (χ2v) is 7.62. The number of rotatable bonds is 4. The molecule has 0 aliphatic carbocycles. The number of halogens is 1. The maximum atomic E-state index is 12.4. The molecule has 0 spiro atoms. The van der Waals surface area contributed by atoms with Crippen molar-refractivity contribution in [2.24, 2.45) is 0 Å². The lowest BCUT2D eigenvalue weighted by atomic mass is 10.1. The molecule has 128 valence electrons. The summed E-state index contributed by atoms with van der Waals surface area (Å²) in [5.41, 5.74) is 1.31. The van der Waals surface area contributed by atoms with Crippen LogP contribution in [-0.4, -0.2) is 30.7 Å². The number of sulfone groups is 1. The summed E-state index contributed by atoms with van der Waals surface area (Å²) in [6.07, 6.45) is 2.35. The molecular formula is C16H12ClN3O4S. The van der Waals surface area contributed by atoms with Gasteiger partial charge in [0.2, 0.25) is 0 Å². The standard InChI is InChI=1S/C16H12ClN3O4S/c1-25(22,23)12-5-6-13(14(17)8-12)15(21)20-11-4-2-3-10(7-11)16-18-9-19-24-16/h2-9H,1H3,(H,20,21). The molecule has 2 aromatic carbocycles. The summed E-state index contributed by atoms with van der Waals surface area (Å²) < 4.78 is 28.0. The Morgan fingerprint density at radius 3 is 2.64 bits per heavy atom. The summed E-state index contributed by atoms with van der Waals surface area (Å²) in [4.78, 5) is 16.4. The van der Waals surface area contributed by atoms with Crippen LogP contribution >= 0.6 is 11.6 Å². The maximum Gasteiger partial charge on any atom is 0.257 e. The number of nitrogens with zero attached hydrogens (tertiary/aromatic N) is 2. The van der Waals surface area contributed by atoms with E-state index >= 15 is 0 Å². The molecule has 0 bridgehead atoms. The monoisotopic (exact) mass is 377 g/mol. The number of anilines is 1. The highest BCUT2D eigenvalue weighted by atomic mass is 35.5. The third-order valence-electron chi connectivity index (χ3n) is 3.34. The molecule has 9 heteroatoms. The van der Waals surface area contributed by atoms with Crippen LogP contribution < -0.4 is 5.32 Å². The molecule has 0 unspecified atom stereocenters. The second-order valence-electron chi connectivity index (χ2n) is 5.20. The van der Waals surface area contributed by atoms with E-state index in [2.05, 4.69) is 15.5 Å². The summed E-state index contributed by atoms with van der Waals surface area (Å²) in [6, 6.07) is 10.8. The summed E-state index contributed by atoms with van der Waals surface area (Å²) in [7, 11) is -3.40. The molecule has 1 amide bonds. The molecule has 3 rings (SSSR count). The minimum Gasteiger partial charge on any atom is -0.334 e. The molecule has 25 heavy (non-hydrogen) atoms. The Hall–Kier alpha value is -2.71. The zero-order valence-corrected chi connectivity index (χ0v) is 14.5. The summed E-state index contributed by atoms with van der Waals surface area (Å²) in [6.45, 7) is 0. The van der Waals surface area contributed by atoms with Crippen LogP contribution in [0.3, 0.4) is 0 Å². The lowest BCUT2D eigenvalue weighted by Crippen LogP contribution is -2.13. The van der Waals surface area contributed by atoms with Gasteiger partial charge >= 0.3 is 0 Å². The van der Waals surface area contributed by atoms with Crippen molar-refractivity contribution in [1.29, 1.82) is 0 Å². The number of aromatic nitrogens is 2. The molecular weight excluding hydrogens is 366 g/mol. The van der Waals surface area contributed by atoms with E-state index in [1.54, 1.807) is 24.3 Å². The normalized spacial score (nSPS) is 11.3. The van der Waals surface area contributed by atoms with E-state index in [4.69, 9.17) is 16.1 Å². The summed E-state index contributed by atoms with van der Waals surface area (Å²) >= 11 is 6.05. The highest BCUT2D eigenvalue weighted by Crippen LogP contribution is 2.24. The predicted octanol–water partition coefficient (Wildman–Crippen LogP) is 3.05. The van der Waals surface area contributed by atoms with Crippen LogP contribution in [0.4, 0.5) is 5.69 Å². The van der Waals surface area contributed by atoms with Gasteiger partial charge in [-0.15, -0.1) is 0 Å². The third-order valence-corrected chi connectivity index (χ3v) is 4.76. The van der Waals surface area contributed by atoms with Gasteiger partial charge in [0.25, 0.3) is 11.8 Å². The molecule has 1 heterocycles. The Morgan fingerprint density at radius 2 is 2.00 bits per heavy atom. The van der Waals surface area contributed by atoms with Crippen molar-refractivity contribution in [2.45, 2.75) is 4.90 Å². The summed E-state index contributed by atoms with van der Waals surface area (Å²) in [5.74, 6) is -0.139. The van der Waals surface area contributed by atoms with Gasteiger partial charge in [0.1, 0.15) is 0 Å². The van der Waals surface area contributed by atoms with E-state index in [1.165, 1.54) is 24.5 Å². The van der Waals surface area contributed by atoms with Crippen molar-refractivity contribution in [3.05, 3.63) is 59.4 Å². The van der Waals surface area contributed by atoms with Crippen molar-refractivity contribution < 1.29 is 17.7 Å². The Kier molecular flexibility index (Phi) is 4.56. The number of hydrogen-bond donors (Lipinski definition) is 1. The maximum absolute atomic E-state index is 12.4. The van der Waals surface area contributed by atoms with Crippen molar-refractivity contribution in [3.63, 3.8) is 0 Å². The smallest absolute Gasteiger partial charge is 0.257 e. The Morgan fingerprint density at radius 1 is 1.20 bits per heavy atom. The van der Waals surface area contributed by atoms with Gasteiger partial charge in [-0.3, -0.25) is 4.79 Å². The van der Waals surface area contributed by atoms with Crippen LogP contribution in [0.5, 0.6) is 0 Å². The first-order valence-corrected chi connectivity index (χ1v) is 9.29. The number of benzene rings is 2. The van der Waals surface area contributed by atoms with Gasteiger partial charge in [-0.2, -0.15) is 4.98 Å². The van der Waals surface area contributed by atoms with Crippen molar-refractivity contribution in [1.82, 2.24) is 10.1 Å². The third kappa shape index (κ3) is 3.86. The topological polar surface area (TPSA) is 102 Å². The van der Waals surface area contributed by atoms with E-state index in [9.17, 15) is 13.2 Å². The molecule has 0 radical (unpaired) electrons. The average molecular weight is 378 g/mol. The average Bonchev–Trinajstić information content (AvgIpc) is 3.08. The fourth-order valence-corrected chi connectivity index (χ4v) is 3.12. The van der Waals surface area contributed by atoms with Gasteiger partial charge in [-0.25, -0.2) is 8.42 Å². The molecule has 0 atom stereocenters. The first kappa shape index (κ1) is 17.1. The minimum absolute atomic E-state index is 0.0486. The number of carbonyl (C=O) groups excluding carboxylic acids is 1. The van der Waals surface area contributed by atoms with Crippen molar-refractivity contribution in [3.8, 4) is 11.5 Å². The van der Waals surface area contributed by atoms with E-state index in [0.29, 0.717) is 17.1 Å². The lowest BCUT2D eigenvalue weighted by Gasteiger charge is -2.08. The second kappa shape index (κ2) is 6.66. The predicted molar refractivity (Wildman–Crippen MR) is 92.2 cm³/mol. The number of hydrogen-bond acceptors (Lipinski definition) is 6. The number of nitrogens with one attached hydrogen (secondary N) is 1. The zero-order chi connectivity index (χ0) is 18.0. The first-order valence-electron chi connectivity index (χ1n) is 7.02. The molecule has 0 saturated heterocycles. The highest BCUT2D eigenvalue weighted by molar-refractivity contribution is 7.90. The SMILES string of the molecule is CS(=O)(=O)c1ccc(C(=O)Nc2cccc(-c3ncno3)c2)c(Cl)c1. The van der Waals surface area contributed by atoms with Gasteiger partial charge < -0.3 is 9.84 Å². The van der Waals surface area contributed by atoms with Crippen LogP contribution in [0.25, 0.3) is 11.5 Å². The zero-order valence-electron chi connectivity index (χ0n) is 12.9. The molecule has 7 nitrogen and oxygen atoms in total. The van der Waals surface area contributed by atoms with Crippen LogP contribution in [0.1, 0.15) is 10.4 Å². The molecule has 1 N–H and O–H groups in total. The Balaban J connectivity index is 1.85. The van der Waals surface area contributed by atoms with E-state index < -0.39 is 15.7 Å². The fraction of sp³-hybridized carbons (Fsp3) is 0.0625. The van der Waals surface area contributed by atoms with E-state index in [-0.39, 0.29) is 15.5 Å². The molecule has 0 aliphatic rings. The number of amides is 1. The van der Waals surface area contributed by atoms with Crippen LogP contribution in [-0.2, 0) is 9.84 Å². The molecule has 0 aliphatic heterocycles. The first-order chi connectivity index (χ1) is 11.8. The van der Waals surface area contributed by atoms with Crippen LogP contribution in [0, 0.1) is 0 Å². The highest BCUT2D eigenvalue weighted by Gasteiger charge is 2.15. The van der Waals surface area contributed by atoms with Gasteiger partial charge in [0.05, 0.1) is 15.5 Å². The van der Waals surface area contributed by atoms with Gasteiger partial charge in [0, 0.05) is 17.5 Å². The van der Waals surface area contributed by atoms with Crippen molar-refractivity contribution >= 4 is 33.0 Å². The molecule has 0 fully saturated rings. The van der Waals surface area contributed by atoms with Gasteiger partial charge in [0.15, 0.2) is 16.2 Å². The molecule has 3 aromatic rings. The Labute approximate surface area is 148 Å². The largest absolute Gasteiger partial charge is 0.334 e. The molecule has 0 saturated carbocycles. The quantitative estimate of drug-likeness (QED) is 0.749. The van der Waals surface area contributed by atoms with Gasteiger partial charge in [-0.05, 0) is 36.4 Å². The van der Waals surface area contributed by atoms with Gasteiger partial charge in [-0.1, -0.05) is 22.8 Å². The minimum atomic E-state index is -3.40. The lowest BCUT2D eigenvalue weighted by molar-refractivity contribution is 0.102. The molecule has 1 aromatic heterocycles. The fourth-order valence-electron chi connectivity index (χ4n) is 2.14. The van der Waals surface area contributed by atoms with E-state index in [0.717, 1.165) is 6.26 Å².